The molecule has 0 aromatic carbocycles. The lowest BCUT2D eigenvalue weighted by Gasteiger charge is -2.43. The molecule has 2 aliphatic carbocycles. The Bertz CT molecular complexity index is 352. The van der Waals surface area contributed by atoms with E-state index in [1.165, 1.54) is 64.7 Å². The Kier molecular flexibility index (Phi) is 4.40. The van der Waals surface area contributed by atoms with Gasteiger partial charge in [-0.05, 0) is 87.4 Å². The summed E-state index contributed by atoms with van der Waals surface area (Å²) in [5.74, 6) is 1.91. The molecule has 21 heavy (non-hydrogen) atoms. The average molecular weight is 293 g/mol. The third kappa shape index (κ3) is 3.03. The quantitative estimate of drug-likeness (QED) is 0.773. The van der Waals surface area contributed by atoms with Crippen LogP contribution in [-0.2, 0) is 0 Å². The summed E-state index contributed by atoms with van der Waals surface area (Å²) in [6.07, 6.45) is 8.51. The Balaban J connectivity index is 1.41. The maximum absolute atomic E-state index is 3.97. The van der Waals surface area contributed by atoms with Crippen molar-refractivity contribution in [2.45, 2.75) is 72.3 Å². The summed E-state index contributed by atoms with van der Waals surface area (Å²) in [5, 5.41) is 3.97. The zero-order valence-electron chi connectivity index (χ0n) is 14.8. The van der Waals surface area contributed by atoms with E-state index >= 15 is 0 Å². The Morgan fingerprint density at radius 3 is 2.43 bits per heavy atom. The van der Waals surface area contributed by atoms with Gasteiger partial charge in [0, 0.05) is 6.04 Å². The van der Waals surface area contributed by atoms with Gasteiger partial charge in [-0.3, -0.25) is 0 Å². The molecule has 1 saturated heterocycles. The lowest BCUT2D eigenvalue weighted by molar-refractivity contribution is 0.107. The summed E-state index contributed by atoms with van der Waals surface area (Å²) in [6, 6.07) is 0.741. The SMILES string of the molecule is CC1CCN(CCCNC2C(C)(C)[C@H]3CC[C@]2(C)C3)CC1. The highest BCUT2D eigenvalue weighted by atomic mass is 15.1. The Hall–Kier alpha value is -0.0800. The Morgan fingerprint density at radius 2 is 1.81 bits per heavy atom. The van der Waals surface area contributed by atoms with E-state index < -0.39 is 0 Å². The van der Waals surface area contributed by atoms with Crippen molar-refractivity contribution in [3.63, 3.8) is 0 Å². The molecule has 1 heterocycles. The number of piperidine rings is 1. The highest BCUT2D eigenvalue weighted by Crippen LogP contribution is 2.62. The Morgan fingerprint density at radius 1 is 1.10 bits per heavy atom. The van der Waals surface area contributed by atoms with Crippen molar-refractivity contribution in [3.05, 3.63) is 0 Å². The maximum atomic E-state index is 3.97. The van der Waals surface area contributed by atoms with E-state index in [0.29, 0.717) is 10.8 Å². The van der Waals surface area contributed by atoms with Crippen LogP contribution in [0.1, 0.15) is 66.2 Å². The van der Waals surface area contributed by atoms with E-state index in [1.54, 1.807) is 0 Å². The first kappa shape index (κ1) is 15.8. The molecule has 2 nitrogen and oxygen atoms in total. The molecule has 0 amide bonds. The molecule has 2 saturated carbocycles. The van der Waals surface area contributed by atoms with Crippen LogP contribution >= 0.6 is 0 Å². The van der Waals surface area contributed by atoms with Crippen molar-refractivity contribution in [2.24, 2.45) is 22.7 Å². The van der Waals surface area contributed by atoms with Gasteiger partial charge in [0.05, 0.1) is 0 Å². The predicted octanol–water partition coefficient (Wildman–Crippen LogP) is 3.91. The third-order valence-corrected chi connectivity index (χ3v) is 7.15. The van der Waals surface area contributed by atoms with E-state index in [1.807, 2.05) is 0 Å². The number of fused-ring (bicyclic) bond motifs is 2. The van der Waals surface area contributed by atoms with Crippen LogP contribution in [0.3, 0.4) is 0 Å². The maximum Gasteiger partial charge on any atom is 0.0175 e. The molecular weight excluding hydrogens is 256 g/mol. The standard InChI is InChI=1S/C19H36N2/c1-15-7-12-21(13-8-15)11-5-10-20-17-18(2,3)16-6-9-19(17,4)14-16/h15-17,20H,5-14H2,1-4H3/t16-,17?,19+/m0/s1. The van der Waals surface area contributed by atoms with Gasteiger partial charge in [-0.15, -0.1) is 0 Å². The highest BCUT2D eigenvalue weighted by molar-refractivity contribution is 5.11. The zero-order chi connectivity index (χ0) is 15.1. The van der Waals surface area contributed by atoms with Crippen LogP contribution in [0, 0.1) is 22.7 Å². The average Bonchev–Trinajstić information content (AvgIpc) is 2.91. The second kappa shape index (κ2) is 5.85. The zero-order valence-corrected chi connectivity index (χ0v) is 14.8. The van der Waals surface area contributed by atoms with E-state index in [9.17, 15) is 0 Å². The van der Waals surface area contributed by atoms with Gasteiger partial charge in [0.1, 0.15) is 0 Å². The summed E-state index contributed by atoms with van der Waals surface area (Å²) in [7, 11) is 0. The largest absolute Gasteiger partial charge is 0.313 e. The lowest BCUT2D eigenvalue weighted by atomic mass is 9.68. The van der Waals surface area contributed by atoms with E-state index in [2.05, 4.69) is 37.9 Å². The fraction of sp³-hybridized carbons (Fsp3) is 1.00. The number of hydrogen-bond donors (Lipinski definition) is 1. The van der Waals surface area contributed by atoms with Crippen LogP contribution in [0.15, 0.2) is 0 Å². The molecule has 1 N–H and O–H groups in total. The van der Waals surface area contributed by atoms with Crippen molar-refractivity contribution in [1.29, 1.82) is 0 Å². The predicted molar refractivity (Wildman–Crippen MR) is 90.5 cm³/mol. The van der Waals surface area contributed by atoms with E-state index in [0.717, 1.165) is 17.9 Å². The molecule has 0 aromatic heterocycles. The van der Waals surface area contributed by atoms with Gasteiger partial charge in [0.2, 0.25) is 0 Å². The van der Waals surface area contributed by atoms with Crippen molar-refractivity contribution in [1.82, 2.24) is 10.2 Å². The molecule has 3 rings (SSSR count). The van der Waals surface area contributed by atoms with Crippen LogP contribution in [-0.4, -0.2) is 37.1 Å². The van der Waals surface area contributed by atoms with Gasteiger partial charge in [-0.1, -0.05) is 27.7 Å². The summed E-state index contributed by atoms with van der Waals surface area (Å²) in [5.41, 5.74) is 1.09. The molecule has 0 spiro atoms. The number of nitrogens with zero attached hydrogens (tertiary/aromatic N) is 1. The first-order valence-electron chi connectivity index (χ1n) is 9.37. The third-order valence-electron chi connectivity index (χ3n) is 7.15. The molecular formula is C19H36N2. The number of likely N-dealkylation sites (tertiary alicyclic amines) is 1. The second-order valence-electron chi connectivity index (χ2n) is 9.18. The summed E-state index contributed by atoms with van der Waals surface area (Å²) >= 11 is 0. The minimum atomic E-state index is 0.507. The van der Waals surface area contributed by atoms with Crippen molar-refractivity contribution < 1.29 is 0 Å². The molecule has 3 aliphatic rings. The van der Waals surface area contributed by atoms with Crippen molar-refractivity contribution in [2.75, 3.05) is 26.2 Å². The minimum Gasteiger partial charge on any atom is -0.313 e. The van der Waals surface area contributed by atoms with Gasteiger partial charge >= 0.3 is 0 Å². The monoisotopic (exact) mass is 292 g/mol. The molecule has 3 atom stereocenters. The first-order chi connectivity index (χ1) is 9.92. The van der Waals surface area contributed by atoms with Gasteiger partial charge in [-0.2, -0.15) is 0 Å². The van der Waals surface area contributed by atoms with Crippen LogP contribution in [0.2, 0.25) is 0 Å². The van der Waals surface area contributed by atoms with Crippen LogP contribution < -0.4 is 5.32 Å². The molecule has 2 bridgehead atoms. The molecule has 1 unspecified atom stereocenters. The summed E-state index contributed by atoms with van der Waals surface area (Å²) < 4.78 is 0. The van der Waals surface area contributed by atoms with Gasteiger partial charge in [0.25, 0.3) is 0 Å². The first-order valence-corrected chi connectivity index (χ1v) is 9.37. The van der Waals surface area contributed by atoms with E-state index in [-0.39, 0.29) is 0 Å². The Labute approximate surface area is 132 Å². The molecule has 122 valence electrons. The number of rotatable bonds is 5. The number of hydrogen-bond acceptors (Lipinski definition) is 2. The lowest BCUT2D eigenvalue weighted by Crippen LogP contribution is -2.50. The van der Waals surface area contributed by atoms with Crippen molar-refractivity contribution >= 4 is 0 Å². The topological polar surface area (TPSA) is 15.3 Å². The van der Waals surface area contributed by atoms with Gasteiger partial charge < -0.3 is 10.2 Å². The van der Waals surface area contributed by atoms with Gasteiger partial charge in [0.15, 0.2) is 0 Å². The fourth-order valence-electron chi connectivity index (χ4n) is 5.65. The van der Waals surface area contributed by atoms with Crippen LogP contribution in [0.4, 0.5) is 0 Å². The molecule has 1 aliphatic heterocycles. The van der Waals surface area contributed by atoms with E-state index in [4.69, 9.17) is 0 Å². The van der Waals surface area contributed by atoms with Gasteiger partial charge in [-0.25, -0.2) is 0 Å². The smallest absolute Gasteiger partial charge is 0.0175 e. The number of nitrogens with one attached hydrogen (secondary N) is 1. The second-order valence-corrected chi connectivity index (χ2v) is 9.18. The molecule has 3 fully saturated rings. The normalized spacial score (nSPS) is 40.0. The highest BCUT2D eigenvalue weighted by Gasteiger charge is 2.58. The molecule has 0 aromatic rings. The van der Waals surface area contributed by atoms with Crippen molar-refractivity contribution in [3.8, 4) is 0 Å². The van der Waals surface area contributed by atoms with Crippen LogP contribution in [0.25, 0.3) is 0 Å². The molecule has 2 heteroatoms. The minimum absolute atomic E-state index is 0.507. The summed E-state index contributed by atoms with van der Waals surface area (Å²) in [4.78, 5) is 2.68. The fourth-order valence-corrected chi connectivity index (χ4v) is 5.65. The molecule has 0 radical (unpaired) electrons. The summed E-state index contributed by atoms with van der Waals surface area (Å²) in [6.45, 7) is 15.1. The van der Waals surface area contributed by atoms with Crippen LogP contribution in [0.5, 0.6) is 0 Å².